The van der Waals surface area contributed by atoms with Gasteiger partial charge < -0.3 is 15.4 Å². The summed E-state index contributed by atoms with van der Waals surface area (Å²) >= 11 is 1.22. The number of esters is 1. The van der Waals surface area contributed by atoms with Gasteiger partial charge in [0.1, 0.15) is 4.88 Å². The summed E-state index contributed by atoms with van der Waals surface area (Å²) in [6.07, 6.45) is 0.0885. The molecule has 0 aromatic carbocycles. The first-order chi connectivity index (χ1) is 8.95. The number of hydrogen-bond acceptors (Lipinski definition) is 5. The van der Waals surface area contributed by atoms with Gasteiger partial charge in [0.15, 0.2) is 0 Å². The highest BCUT2D eigenvalue weighted by molar-refractivity contribution is 7.12. The number of nitrogens with zero attached hydrogens (tertiary/aromatic N) is 1. The Morgan fingerprint density at radius 2 is 2.21 bits per heavy atom. The van der Waals surface area contributed by atoms with E-state index in [0.29, 0.717) is 10.6 Å². The zero-order valence-corrected chi connectivity index (χ0v) is 11.5. The van der Waals surface area contributed by atoms with Gasteiger partial charge in [-0.05, 0) is 17.9 Å². The molecule has 1 aliphatic heterocycles. The van der Waals surface area contributed by atoms with Gasteiger partial charge in [0.25, 0.3) is 0 Å². The van der Waals surface area contributed by atoms with Crippen LogP contribution in [0.1, 0.15) is 21.7 Å². The van der Waals surface area contributed by atoms with Crippen LogP contribution in [-0.2, 0) is 14.3 Å². The fourth-order valence-corrected chi connectivity index (χ4v) is 3.09. The molecule has 2 amide bonds. The Bertz CT molecular complexity index is 552. The number of rotatable bonds is 3. The maximum absolute atomic E-state index is 12.0. The second-order valence-electron chi connectivity index (χ2n) is 4.40. The van der Waals surface area contributed by atoms with Crippen LogP contribution in [0.15, 0.2) is 5.38 Å². The fraction of sp³-hybridized carbons (Fsp3) is 0.417. The number of amides is 2. The van der Waals surface area contributed by atoms with Gasteiger partial charge in [0.05, 0.1) is 18.7 Å². The minimum absolute atomic E-state index is 0.0885. The van der Waals surface area contributed by atoms with E-state index in [1.165, 1.54) is 23.3 Å². The highest BCUT2D eigenvalue weighted by Gasteiger charge is 2.37. The van der Waals surface area contributed by atoms with Crippen LogP contribution in [0.5, 0.6) is 0 Å². The van der Waals surface area contributed by atoms with E-state index in [2.05, 4.69) is 0 Å². The van der Waals surface area contributed by atoms with E-state index in [0.717, 1.165) is 5.56 Å². The SMILES string of the molecule is COC(=O)c1scc(C)c1N1CC(C(N)=O)CC1=O. The number of thiophene rings is 1. The van der Waals surface area contributed by atoms with Crippen LogP contribution in [0.2, 0.25) is 0 Å². The van der Waals surface area contributed by atoms with Crippen LogP contribution < -0.4 is 10.6 Å². The summed E-state index contributed by atoms with van der Waals surface area (Å²) in [7, 11) is 1.29. The zero-order valence-electron chi connectivity index (χ0n) is 10.6. The molecule has 1 unspecified atom stereocenters. The first-order valence-corrected chi connectivity index (χ1v) is 6.59. The number of carbonyl (C=O) groups excluding carboxylic acids is 3. The monoisotopic (exact) mass is 282 g/mol. The molecule has 19 heavy (non-hydrogen) atoms. The lowest BCUT2D eigenvalue weighted by Gasteiger charge is -2.17. The Labute approximate surface area is 114 Å². The molecule has 2 N–H and O–H groups in total. The lowest BCUT2D eigenvalue weighted by molar-refractivity contribution is -0.123. The van der Waals surface area contributed by atoms with Gasteiger partial charge in [-0.1, -0.05) is 0 Å². The predicted molar refractivity (Wildman–Crippen MR) is 70.0 cm³/mol. The number of carbonyl (C=O) groups is 3. The number of anilines is 1. The van der Waals surface area contributed by atoms with Gasteiger partial charge in [-0.15, -0.1) is 11.3 Å². The molecule has 0 saturated carbocycles. The van der Waals surface area contributed by atoms with Gasteiger partial charge in [-0.25, -0.2) is 4.79 Å². The van der Waals surface area contributed by atoms with Crippen molar-refractivity contribution in [2.45, 2.75) is 13.3 Å². The normalized spacial score (nSPS) is 18.7. The van der Waals surface area contributed by atoms with Crippen molar-refractivity contribution >= 4 is 34.8 Å². The van der Waals surface area contributed by atoms with Gasteiger partial charge >= 0.3 is 5.97 Å². The van der Waals surface area contributed by atoms with E-state index in [4.69, 9.17) is 10.5 Å². The largest absolute Gasteiger partial charge is 0.465 e. The first-order valence-electron chi connectivity index (χ1n) is 5.71. The van der Waals surface area contributed by atoms with Crippen LogP contribution in [0.25, 0.3) is 0 Å². The van der Waals surface area contributed by atoms with Gasteiger partial charge in [0, 0.05) is 13.0 Å². The quantitative estimate of drug-likeness (QED) is 0.826. The molecule has 2 rings (SSSR count). The minimum atomic E-state index is -0.503. The molecule has 102 valence electrons. The van der Waals surface area contributed by atoms with Crippen molar-refractivity contribution in [1.29, 1.82) is 0 Å². The van der Waals surface area contributed by atoms with Crippen molar-refractivity contribution in [3.63, 3.8) is 0 Å². The first kappa shape index (κ1) is 13.5. The zero-order chi connectivity index (χ0) is 14.2. The summed E-state index contributed by atoms with van der Waals surface area (Å²) in [4.78, 5) is 36.7. The van der Waals surface area contributed by atoms with Crippen molar-refractivity contribution in [2.75, 3.05) is 18.6 Å². The molecule has 0 bridgehead atoms. The number of hydrogen-bond donors (Lipinski definition) is 1. The summed E-state index contributed by atoms with van der Waals surface area (Å²) in [6.45, 7) is 2.03. The number of primary amides is 1. The van der Waals surface area contributed by atoms with Crippen LogP contribution >= 0.6 is 11.3 Å². The van der Waals surface area contributed by atoms with Crippen LogP contribution in [0, 0.1) is 12.8 Å². The van der Waals surface area contributed by atoms with E-state index >= 15 is 0 Å². The molecule has 0 radical (unpaired) electrons. The van der Waals surface area contributed by atoms with Crippen molar-refractivity contribution in [2.24, 2.45) is 11.7 Å². The molecule has 1 aromatic heterocycles. The average Bonchev–Trinajstić information content (AvgIpc) is 2.91. The predicted octanol–water partition coefficient (Wildman–Crippen LogP) is 0.681. The lowest BCUT2D eigenvalue weighted by atomic mass is 10.1. The molecule has 7 heteroatoms. The van der Waals surface area contributed by atoms with Crippen molar-refractivity contribution in [3.05, 3.63) is 15.8 Å². The maximum atomic E-state index is 12.0. The van der Waals surface area contributed by atoms with Gasteiger partial charge in [0.2, 0.25) is 11.8 Å². The maximum Gasteiger partial charge on any atom is 0.350 e. The van der Waals surface area contributed by atoms with E-state index in [1.807, 2.05) is 6.92 Å². The molecule has 6 nitrogen and oxygen atoms in total. The van der Waals surface area contributed by atoms with Gasteiger partial charge in [-0.3, -0.25) is 9.59 Å². The topological polar surface area (TPSA) is 89.7 Å². The lowest BCUT2D eigenvalue weighted by Crippen LogP contribution is -2.29. The summed E-state index contributed by atoms with van der Waals surface area (Å²) in [6, 6.07) is 0. The van der Waals surface area contributed by atoms with Gasteiger partial charge in [-0.2, -0.15) is 0 Å². The summed E-state index contributed by atoms with van der Waals surface area (Å²) in [5.74, 6) is -1.68. The van der Waals surface area contributed by atoms with Crippen LogP contribution in [0.4, 0.5) is 5.69 Å². The molecule has 1 aromatic rings. The molecule has 1 atom stereocenters. The number of nitrogens with two attached hydrogens (primary N) is 1. The minimum Gasteiger partial charge on any atom is -0.465 e. The Morgan fingerprint density at radius 3 is 2.74 bits per heavy atom. The van der Waals surface area contributed by atoms with Crippen molar-refractivity contribution < 1.29 is 19.1 Å². The molecule has 1 saturated heterocycles. The average molecular weight is 282 g/mol. The van der Waals surface area contributed by atoms with E-state index in [-0.39, 0.29) is 18.9 Å². The highest BCUT2D eigenvalue weighted by Crippen LogP contribution is 2.35. The second-order valence-corrected chi connectivity index (χ2v) is 5.28. The Kier molecular flexibility index (Phi) is 3.57. The Morgan fingerprint density at radius 1 is 1.53 bits per heavy atom. The van der Waals surface area contributed by atoms with Crippen molar-refractivity contribution in [1.82, 2.24) is 0 Å². The smallest absolute Gasteiger partial charge is 0.350 e. The van der Waals surface area contributed by atoms with E-state index in [1.54, 1.807) is 5.38 Å². The van der Waals surface area contributed by atoms with E-state index in [9.17, 15) is 14.4 Å². The molecular formula is C12H14N2O4S. The summed E-state index contributed by atoms with van der Waals surface area (Å²) in [5.41, 5.74) is 6.57. The number of ether oxygens (including phenoxy) is 1. The molecule has 2 heterocycles. The van der Waals surface area contributed by atoms with Crippen LogP contribution in [0.3, 0.4) is 0 Å². The molecule has 1 fully saturated rings. The van der Waals surface area contributed by atoms with E-state index < -0.39 is 17.8 Å². The molecule has 0 spiro atoms. The van der Waals surface area contributed by atoms with Crippen LogP contribution in [-0.4, -0.2) is 31.4 Å². The number of aryl methyl sites for hydroxylation is 1. The summed E-state index contributed by atoms with van der Waals surface area (Å²) in [5, 5.41) is 1.78. The third kappa shape index (κ3) is 2.33. The second kappa shape index (κ2) is 5.00. The fourth-order valence-electron chi connectivity index (χ4n) is 2.13. The Balaban J connectivity index is 2.37. The third-order valence-corrected chi connectivity index (χ3v) is 4.18. The molecular weight excluding hydrogens is 268 g/mol. The molecule has 0 aliphatic carbocycles. The molecule has 1 aliphatic rings. The summed E-state index contributed by atoms with van der Waals surface area (Å²) < 4.78 is 4.70. The third-order valence-electron chi connectivity index (χ3n) is 3.11. The highest BCUT2D eigenvalue weighted by atomic mass is 32.1. The Hall–Kier alpha value is -1.89. The van der Waals surface area contributed by atoms with Crippen molar-refractivity contribution in [3.8, 4) is 0 Å². The number of methoxy groups -OCH3 is 1. The standard InChI is InChI=1S/C12H14N2O4S/c1-6-5-19-10(12(17)18-2)9(6)14-4-7(11(13)16)3-8(14)15/h5,7H,3-4H2,1-2H3,(H2,13,16).